The van der Waals surface area contributed by atoms with Crippen LogP contribution in [0.25, 0.3) is 21.0 Å². The molecule has 3 heterocycles. The summed E-state index contributed by atoms with van der Waals surface area (Å²) in [6.07, 6.45) is 1.85. The first-order valence-corrected chi connectivity index (χ1v) is 10.9. The Balaban J connectivity index is 1.56. The number of nitrogen functional groups attached to an aromatic ring is 1. The third kappa shape index (κ3) is 3.67. The van der Waals surface area contributed by atoms with Crippen LogP contribution < -0.4 is 11.1 Å². The fraction of sp³-hybridized carbons (Fsp3) is 0.0833. The number of benzene rings is 2. The lowest BCUT2D eigenvalue weighted by Crippen LogP contribution is -2.13. The first-order valence-electron chi connectivity index (χ1n) is 10.0. The fourth-order valence-electron chi connectivity index (χ4n) is 3.78. The van der Waals surface area contributed by atoms with Gasteiger partial charge in [0.1, 0.15) is 24.1 Å². The molecule has 164 valence electrons. The number of halogens is 1. The van der Waals surface area contributed by atoms with Crippen LogP contribution in [0.4, 0.5) is 15.9 Å². The van der Waals surface area contributed by atoms with Crippen molar-refractivity contribution in [3.05, 3.63) is 88.6 Å². The summed E-state index contributed by atoms with van der Waals surface area (Å²) in [5.41, 5.74) is 9.18. The smallest absolute Gasteiger partial charge is 0.258 e. The van der Waals surface area contributed by atoms with E-state index in [9.17, 15) is 14.3 Å². The van der Waals surface area contributed by atoms with Gasteiger partial charge in [-0.2, -0.15) is 0 Å². The number of anilines is 2. The van der Waals surface area contributed by atoms with E-state index in [0.717, 1.165) is 10.9 Å². The zero-order chi connectivity index (χ0) is 23.1. The molecule has 2 aromatic carbocycles. The van der Waals surface area contributed by atoms with Gasteiger partial charge < -0.3 is 16.2 Å². The van der Waals surface area contributed by atoms with Gasteiger partial charge in [0, 0.05) is 22.3 Å². The van der Waals surface area contributed by atoms with Gasteiger partial charge in [0.2, 0.25) is 0 Å². The molecule has 0 spiro atoms. The van der Waals surface area contributed by atoms with E-state index in [4.69, 9.17) is 5.73 Å². The number of rotatable bonds is 4. The number of aliphatic hydroxyl groups excluding tert-OH is 1. The number of hydrogen-bond acceptors (Lipinski definition) is 7. The predicted octanol–water partition coefficient (Wildman–Crippen LogP) is 4.60. The summed E-state index contributed by atoms with van der Waals surface area (Å²) in [6, 6.07) is 11.1. The molecule has 0 aliphatic rings. The average molecular weight is 460 g/mol. The monoisotopic (exact) mass is 459 g/mol. The van der Waals surface area contributed by atoms with Crippen LogP contribution in [0.3, 0.4) is 0 Å². The van der Waals surface area contributed by atoms with Crippen molar-refractivity contribution in [1.29, 1.82) is 0 Å². The number of aryl methyl sites for hydroxylation is 1. The summed E-state index contributed by atoms with van der Waals surface area (Å²) in [6.45, 7) is 1.89. The lowest BCUT2D eigenvalue weighted by atomic mass is 9.98. The van der Waals surface area contributed by atoms with E-state index < -0.39 is 6.10 Å². The van der Waals surface area contributed by atoms with Crippen molar-refractivity contribution in [2.75, 3.05) is 11.1 Å². The van der Waals surface area contributed by atoms with E-state index in [1.807, 2.05) is 19.1 Å². The Hall–Kier alpha value is -3.95. The molecular formula is C24H18FN5O2S. The molecular weight excluding hydrogens is 441 g/mol. The maximum atomic E-state index is 13.3. The largest absolute Gasteiger partial charge is 0.382 e. The number of nitrogens with zero attached hydrogens (tertiary/aromatic N) is 3. The Morgan fingerprint density at radius 3 is 2.67 bits per heavy atom. The minimum Gasteiger partial charge on any atom is -0.382 e. The van der Waals surface area contributed by atoms with Gasteiger partial charge in [0.25, 0.3) is 5.91 Å². The molecule has 0 radical (unpaired) electrons. The van der Waals surface area contributed by atoms with Gasteiger partial charge in [-0.3, -0.25) is 9.78 Å². The predicted molar refractivity (Wildman–Crippen MR) is 127 cm³/mol. The number of hydrogen-bond donors (Lipinski definition) is 3. The second-order valence-corrected chi connectivity index (χ2v) is 8.42. The van der Waals surface area contributed by atoms with E-state index >= 15 is 0 Å². The van der Waals surface area contributed by atoms with Crippen molar-refractivity contribution in [3.63, 3.8) is 0 Å². The van der Waals surface area contributed by atoms with Crippen molar-refractivity contribution in [2.24, 2.45) is 0 Å². The van der Waals surface area contributed by atoms with Crippen molar-refractivity contribution >= 4 is 49.7 Å². The summed E-state index contributed by atoms with van der Waals surface area (Å²) in [4.78, 5) is 25.7. The molecule has 0 saturated heterocycles. The van der Waals surface area contributed by atoms with Crippen LogP contribution >= 0.6 is 11.3 Å². The molecule has 0 aliphatic carbocycles. The molecule has 7 nitrogen and oxygen atoms in total. The van der Waals surface area contributed by atoms with Crippen LogP contribution in [0.15, 0.2) is 60.4 Å². The first kappa shape index (κ1) is 20.9. The third-order valence-corrected chi connectivity index (χ3v) is 6.49. The third-order valence-electron chi connectivity index (χ3n) is 5.49. The first-order chi connectivity index (χ1) is 15.9. The number of carbonyl (C=O) groups excluding carboxylic acids is 1. The summed E-state index contributed by atoms with van der Waals surface area (Å²) in [5.74, 6) is -0.381. The topological polar surface area (TPSA) is 114 Å². The van der Waals surface area contributed by atoms with Crippen molar-refractivity contribution < 1.29 is 14.3 Å². The number of aliphatic hydroxyl groups is 1. The Morgan fingerprint density at radius 2 is 1.88 bits per heavy atom. The number of amides is 1. The number of fused-ring (bicyclic) bond motifs is 2. The number of thiophene rings is 1. The lowest BCUT2D eigenvalue weighted by molar-refractivity contribution is 0.102. The van der Waals surface area contributed by atoms with Crippen LogP contribution in [0.2, 0.25) is 0 Å². The van der Waals surface area contributed by atoms with Gasteiger partial charge in [-0.05, 0) is 36.2 Å². The molecule has 5 rings (SSSR count). The number of pyridine rings is 1. The molecule has 0 fully saturated rings. The lowest BCUT2D eigenvalue weighted by Gasteiger charge is -2.17. The summed E-state index contributed by atoms with van der Waals surface area (Å²) in [5, 5.41) is 17.0. The molecule has 4 N–H and O–H groups in total. The highest BCUT2D eigenvalue weighted by Gasteiger charge is 2.20. The molecule has 3 aromatic heterocycles. The average Bonchev–Trinajstić information content (AvgIpc) is 3.26. The van der Waals surface area contributed by atoms with Gasteiger partial charge in [-0.15, -0.1) is 11.3 Å². The van der Waals surface area contributed by atoms with Gasteiger partial charge in [0.05, 0.1) is 27.2 Å². The van der Waals surface area contributed by atoms with E-state index in [1.165, 1.54) is 41.9 Å². The van der Waals surface area contributed by atoms with Crippen molar-refractivity contribution in [1.82, 2.24) is 15.0 Å². The number of carbonyl (C=O) groups is 1. The number of aromatic nitrogens is 3. The molecule has 1 amide bonds. The van der Waals surface area contributed by atoms with Gasteiger partial charge in [-0.1, -0.05) is 24.3 Å². The minimum absolute atomic E-state index is 0.326. The van der Waals surface area contributed by atoms with Crippen LogP contribution in [0.5, 0.6) is 0 Å². The normalized spacial score (nSPS) is 12.2. The quantitative estimate of drug-likeness (QED) is 0.362. The fourth-order valence-corrected chi connectivity index (χ4v) is 4.69. The molecule has 0 aliphatic heterocycles. The molecule has 5 aromatic rings. The molecule has 1 unspecified atom stereocenters. The van der Waals surface area contributed by atoms with E-state index in [2.05, 4.69) is 20.3 Å². The summed E-state index contributed by atoms with van der Waals surface area (Å²) >= 11 is 1.31. The Bertz CT molecular complexity index is 1520. The number of nitrogens with one attached hydrogen (secondary N) is 1. The highest BCUT2D eigenvalue weighted by atomic mass is 32.1. The molecule has 0 saturated carbocycles. The van der Waals surface area contributed by atoms with E-state index in [1.54, 1.807) is 17.6 Å². The Kier molecular flexibility index (Phi) is 5.20. The van der Waals surface area contributed by atoms with E-state index in [0.29, 0.717) is 43.9 Å². The van der Waals surface area contributed by atoms with Crippen LogP contribution in [0.1, 0.15) is 33.3 Å². The summed E-state index contributed by atoms with van der Waals surface area (Å²) in [7, 11) is 0. The maximum absolute atomic E-state index is 13.3. The second kappa shape index (κ2) is 8.19. The maximum Gasteiger partial charge on any atom is 0.258 e. The van der Waals surface area contributed by atoms with Crippen LogP contribution in [-0.4, -0.2) is 26.0 Å². The second-order valence-electron chi connectivity index (χ2n) is 7.54. The molecule has 33 heavy (non-hydrogen) atoms. The molecule has 0 bridgehead atoms. The van der Waals surface area contributed by atoms with E-state index in [-0.39, 0.29) is 11.7 Å². The minimum atomic E-state index is -1.05. The molecule has 1 atom stereocenters. The Morgan fingerprint density at radius 1 is 1.09 bits per heavy atom. The van der Waals surface area contributed by atoms with Gasteiger partial charge in [-0.25, -0.2) is 14.4 Å². The zero-order valence-electron chi connectivity index (χ0n) is 17.4. The highest BCUT2D eigenvalue weighted by molar-refractivity contribution is 7.18. The van der Waals surface area contributed by atoms with Crippen LogP contribution in [-0.2, 0) is 0 Å². The number of nitrogens with two attached hydrogens (primary N) is 1. The zero-order valence-corrected chi connectivity index (χ0v) is 18.2. The SMILES string of the molecule is Cc1ccc2c(C(O)c3ccc(F)cc3)nccc2c1NC(=O)c1csc2c(N)ncnc12. The van der Waals surface area contributed by atoms with Crippen molar-refractivity contribution in [2.45, 2.75) is 13.0 Å². The standard InChI is InChI=1S/C24H18FN5O2S/c1-12-2-7-15-16(8-9-27-19(15)21(31)13-3-5-14(25)6-4-13)18(12)30-24(32)17-10-33-22-20(17)28-11-29-23(22)26/h2-11,21,31H,1H3,(H,30,32)(H2,26,28,29). The van der Waals surface area contributed by atoms with Crippen molar-refractivity contribution in [3.8, 4) is 0 Å². The van der Waals surface area contributed by atoms with Crippen LogP contribution in [0, 0.1) is 12.7 Å². The van der Waals surface area contributed by atoms with Gasteiger partial charge in [0.15, 0.2) is 0 Å². The van der Waals surface area contributed by atoms with Gasteiger partial charge >= 0.3 is 0 Å². The molecule has 9 heteroatoms. The Labute approximate surface area is 191 Å². The highest BCUT2D eigenvalue weighted by Crippen LogP contribution is 2.34. The summed E-state index contributed by atoms with van der Waals surface area (Å²) < 4.78 is 14.0.